The van der Waals surface area contributed by atoms with E-state index in [2.05, 4.69) is 10.3 Å². The van der Waals surface area contributed by atoms with Crippen LogP contribution in [0.15, 0.2) is 12.3 Å². The van der Waals surface area contributed by atoms with Gasteiger partial charge in [-0.2, -0.15) is 0 Å². The molecule has 1 aliphatic heterocycles. The highest BCUT2D eigenvalue weighted by molar-refractivity contribution is 5.46. The molecule has 0 aliphatic carbocycles. The Hall–Kier alpha value is -1.69. The summed E-state index contributed by atoms with van der Waals surface area (Å²) in [5.41, 5.74) is 0.675. The molecule has 1 aromatic rings. The van der Waals surface area contributed by atoms with Crippen molar-refractivity contribution in [3.8, 4) is 0 Å². The third kappa shape index (κ3) is 3.16. The number of nitro groups is 1. The van der Waals surface area contributed by atoms with Crippen molar-refractivity contribution < 1.29 is 9.66 Å². The number of aryl methyl sites for hydroxylation is 1. The third-order valence-corrected chi connectivity index (χ3v) is 3.08. The van der Waals surface area contributed by atoms with Gasteiger partial charge in [0.2, 0.25) is 0 Å². The molecular weight excluding hydrogens is 234 g/mol. The summed E-state index contributed by atoms with van der Waals surface area (Å²) in [4.78, 5) is 14.3. The molecule has 18 heavy (non-hydrogen) atoms. The molecule has 1 aliphatic rings. The molecule has 1 atom stereocenters. The van der Waals surface area contributed by atoms with Crippen LogP contribution in [0.3, 0.4) is 0 Å². The summed E-state index contributed by atoms with van der Waals surface area (Å²) < 4.78 is 5.52. The van der Waals surface area contributed by atoms with Gasteiger partial charge in [0, 0.05) is 18.7 Å². The Balaban J connectivity index is 1.85. The van der Waals surface area contributed by atoms with Gasteiger partial charge in [0.05, 0.1) is 11.0 Å². The second kappa shape index (κ2) is 5.77. The number of aromatic nitrogens is 1. The normalized spacial score (nSPS) is 18.8. The second-order valence-corrected chi connectivity index (χ2v) is 4.46. The highest BCUT2D eigenvalue weighted by Gasteiger charge is 2.15. The zero-order valence-electron chi connectivity index (χ0n) is 10.4. The van der Waals surface area contributed by atoms with Crippen LogP contribution < -0.4 is 5.32 Å². The van der Waals surface area contributed by atoms with E-state index in [4.69, 9.17) is 4.74 Å². The number of hydrogen-bond acceptors (Lipinski definition) is 5. The van der Waals surface area contributed by atoms with Gasteiger partial charge < -0.3 is 10.1 Å². The zero-order valence-corrected chi connectivity index (χ0v) is 10.4. The molecule has 0 saturated carbocycles. The largest absolute Gasteiger partial charge is 0.378 e. The Morgan fingerprint density at radius 1 is 1.67 bits per heavy atom. The maximum absolute atomic E-state index is 10.6. The van der Waals surface area contributed by atoms with Crippen LogP contribution in [0.2, 0.25) is 0 Å². The maximum Gasteiger partial charge on any atom is 0.290 e. The topological polar surface area (TPSA) is 77.3 Å². The van der Waals surface area contributed by atoms with Crippen molar-refractivity contribution in [2.75, 3.05) is 18.5 Å². The molecule has 98 valence electrons. The van der Waals surface area contributed by atoms with Gasteiger partial charge in [-0.3, -0.25) is 10.1 Å². The van der Waals surface area contributed by atoms with Gasteiger partial charge in [-0.05, 0) is 32.3 Å². The monoisotopic (exact) mass is 251 g/mol. The van der Waals surface area contributed by atoms with E-state index in [-0.39, 0.29) is 5.69 Å². The number of anilines is 1. The SMILES string of the molecule is Cc1cc(NCCC2CCCO2)ncc1[N+](=O)[O-]. The molecule has 1 unspecified atom stereocenters. The molecule has 0 bridgehead atoms. The van der Waals surface area contributed by atoms with E-state index >= 15 is 0 Å². The van der Waals surface area contributed by atoms with E-state index in [0.717, 1.165) is 32.4 Å². The van der Waals surface area contributed by atoms with Crippen LogP contribution >= 0.6 is 0 Å². The van der Waals surface area contributed by atoms with E-state index in [1.165, 1.54) is 6.20 Å². The fourth-order valence-corrected chi connectivity index (χ4v) is 2.07. The van der Waals surface area contributed by atoms with Gasteiger partial charge in [0.15, 0.2) is 0 Å². The molecular formula is C12H17N3O3. The first-order valence-corrected chi connectivity index (χ1v) is 6.13. The summed E-state index contributed by atoms with van der Waals surface area (Å²) in [6, 6.07) is 1.70. The molecule has 0 spiro atoms. The smallest absolute Gasteiger partial charge is 0.290 e. The van der Waals surface area contributed by atoms with Gasteiger partial charge in [0.1, 0.15) is 12.0 Å². The molecule has 2 rings (SSSR count). The van der Waals surface area contributed by atoms with Crippen molar-refractivity contribution >= 4 is 11.5 Å². The van der Waals surface area contributed by atoms with Crippen LogP contribution in [0.4, 0.5) is 11.5 Å². The molecule has 6 heteroatoms. The lowest BCUT2D eigenvalue weighted by molar-refractivity contribution is -0.385. The van der Waals surface area contributed by atoms with Crippen molar-refractivity contribution in [2.24, 2.45) is 0 Å². The van der Waals surface area contributed by atoms with Gasteiger partial charge in [0.25, 0.3) is 5.69 Å². The lowest BCUT2D eigenvalue weighted by Crippen LogP contribution is -2.13. The summed E-state index contributed by atoms with van der Waals surface area (Å²) in [5.74, 6) is 0.677. The highest BCUT2D eigenvalue weighted by Crippen LogP contribution is 2.19. The summed E-state index contributed by atoms with van der Waals surface area (Å²) in [6.07, 6.45) is 4.84. The average Bonchev–Trinajstić information content (AvgIpc) is 2.81. The average molecular weight is 251 g/mol. The predicted octanol–water partition coefficient (Wildman–Crippen LogP) is 2.28. The molecule has 1 aromatic heterocycles. The minimum absolute atomic E-state index is 0.0553. The minimum atomic E-state index is -0.418. The zero-order chi connectivity index (χ0) is 13.0. The van der Waals surface area contributed by atoms with Crippen LogP contribution in [0.5, 0.6) is 0 Å². The number of pyridine rings is 1. The van der Waals surface area contributed by atoms with Crippen LogP contribution in [-0.4, -0.2) is 29.2 Å². The Kier molecular flexibility index (Phi) is 4.09. The van der Waals surface area contributed by atoms with Crippen LogP contribution in [0.25, 0.3) is 0 Å². The molecule has 1 fully saturated rings. The van der Waals surface area contributed by atoms with E-state index in [9.17, 15) is 10.1 Å². The van der Waals surface area contributed by atoms with Crippen molar-refractivity contribution in [1.82, 2.24) is 4.98 Å². The van der Waals surface area contributed by atoms with Crippen LogP contribution in [-0.2, 0) is 4.74 Å². The molecule has 0 radical (unpaired) electrons. The van der Waals surface area contributed by atoms with Crippen molar-refractivity contribution in [1.29, 1.82) is 0 Å². The molecule has 1 N–H and O–H groups in total. The first kappa shape index (κ1) is 12.8. The summed E-state index contributed by atoms with van der Waals surface area (Å²) in [6.45, 7) is 3.35. The summed E-state index contributed by atoms with van der Waals surface area (Å²) in [7, 11) is 0. The van der Waals surface area contributed by atoms with Gasteiger partial charge in [-0.25, -0.2) is 4.98 Å². The van der Waals surface area contributed by atoms with Gasteiger partial charge in [-0.1, -0.05) is 0 Å². The van der Waals surface area contributed by atoms with E-state index in [0.29, 0.717) is 17.5 Å². The van der Waals surface area contributed by atoms with Crippen molar-refractivity contribution in [3.63, 3.8) is 0 Å². The standard InChI is InChI=1S/C12H17N3O3/c1-9-7-12(14-8-11(9)15(16)17)13-5-4-10-3-2-6-18-10/h7-8,10H,2-6H2,1H3,(H,13,14). The Bertz CT molecular complexity index is 431. The third-order valence-electron chi connectivity index (χ3n) is 3.08. The van der Waals surface area contributed by atoms with E-state index in [1.807, 2.05) is 0 Å². The van der Waals surface area contributed by atoms with Crippen molar-refractivity contribution in [3.05, 3.63) is 27.9 Å². The van der Waals surface area contributed by atoms with Crippen molar-refractivity contribution in [2.45, 2.75) is 32.3 Å². The fourth-order valence-electron chi connectivity index (χ4n) is 2.07. The lowest BCUT2D eigenvalue weighted by Gasteiger charge is -2.10. The Morgan fingerprint density at radius 3 is 3.11 bits per heavy atom. The second-order valence-electron chi connectivity index (χ2n) is 4.46. The fraction of sp³-hybridized carbons (Fsp3) is 0.583. The predicted molar refractivity (Wildman–Crippen MR) is 67.7 cm³/mol. The first-order valence-electron chi connectivity index (χ1n) is 6.13. The number of rotatable bonds is 5. The molecule has 2 heterocycles. The lowest BCUT2D eigenvalue weighted by atomic mass is 10.2. The highest BCUT2D eigenvalue weighted by atomic mass is 16.6. The summed E-state index contributed by atoms with van der Waals surface area (Å²) in [5, 5.41) is 13.8. The van der Waals surface area contributed by atoms with Crippen LogP contribution in [0, 0.1) is 17.0 Å². The number of nitrogens with zero attached hydrogens (tertiary/aromatic N) is 2. The molecule has 0 aromatic carbocycles. The minimum Gasteiger partial charge on any atom is -0.378 e. The summed E-state index contributed by atoms with van der Waals surface area (Å²) >= 11 is 0. The first-order chi connectivity index (χ1) is 8.66. The Labute approximate surface area is 106 Å². The van der Waals surface area contributed by atoms with E-state index < -0.39 is 4.92 Å². The molecule has 1 saturated heterocycles. The quantitative estimate of drug-likeness (QED) is 0.641. The van der Waals surface area contributed by atoms with Crippen LogP contribution in [0.1, 0.15) is 24.8 Å². The molecule has 6 nitrogen and oxygen atoms in total. The molecule has 0 amide bonds. The number of ether oxygens (including phenoxy) is 1. The number of hydrogen-bond donors (Lipinski definition) is 1. The Morgan fingerprint density at radius 2 is 2.50 bits per heavy atom. The maximum atomic E-state index is 10.6. The van der Waals surface area contributed by atoms with Gasteiger partial charge in [-0.15, -0.1) is 0 Å². The van der Waals surface area contributed by atoms with Gasteiger partial charge >= 0.3 is 0 Å². The number of nitrogens with one attached hydrogen (secondary N) is 1. The van der Waals surface area contributed by atoms with E-state index in [1.54, 1.807) is 13.0 Å².